The molecule has 0 rings (SSSR count). The van der Waals surface area contributed by atoms with Crippen molar-refractivity contribution in [2.45, 2.75) is 0 Å². The average molecular weight is 515 g/mol. The van der Waals surface area contributed by atoms with Crippen LogP contribution in [-0.4, -0.2) is 149 Å². The molecule has 0 aromatic carbocycles. The normalized spacial score (nSPS) is 11.2. The molecule has 0 aliphatic rings. The van der Waals surface area contributed by atoms with Crippen molar-refractivity contribution in [1.82, 2.24) is 0 Å². The van der Waals surface area contributed by atoms with Crippen molar-refractivity contribution >= 4 is 12.3 Å². The number of ether oxygens (including phenoxy) is 10. The number of hydrogen-bond acceptors (Lipinski definition) is 12. The first-order valence-electron chi connectivity index (χ1n) is 11.7. The molecule has 0 spiro atoms. The van der Waals surface area contributed by atoms with Crippen LogP contribution in [0.3, 0.4) is 0 Å². The van der Waals surface area contributed by atoms with Gasteiger partial charge in [0.25, 0.3) is 0 Å². The van der Waals surface area contributed by atoms with Crippen LogP contribution in [0.2, 0.25) is 0 Å². The molecule has 0 aliphatic heterocycles. The summed E-state index contributed by atoms with van der Waals surface area (Å²) in [7, 11) is 0. The van der Waals surface area contributed by atoms with Gasteiger partial charge in [-0.3, -0.25) is 0 Å². The van der Waals surface area contributed by atoms with Crippen molar-refractivity contribution in [2.24, 2.45) is 0 Å². The molecular weight excluding hydrogens is 472 g/mol. The number of hydrogen-bond donors (Lipinski definition) is 1. The Kier molecular flexibility index (Phi) is 29.7. The van der Waals surface area contributed by atoms with Gasteiger partial charge < -0.3 is 57.3 Å². The number of rotatable bonds is 31. The number of carboxylic acids is 1. The van der Waals surface area contributed by atoms with Gasteiger partial charge in [-0.05, 0) is 0 Å². The van der Waals surface area contributed by atoms with Crippen molar-refractivity contribution < 1.29 is 62.1 Å². The molecule has 0 amide bonds. The Morgan fingerprint density at radius 2 is 0.657 bits per heavy atom. The van der Waals surface area contributed by atoms with Gasteiger partial charge >= 0.3 is 5.97 Å². The first-order valence-corrected chi connectivity index (χ1v) is 11.7. The number of carbonyl (C=O) groups excluding carboxylic acids is 1. The molecule has 1 N–H and O–H groups in total. The summed E-state index contributed by atoms with van der Waals surface area (Å²) in [6.45, 7) is 7.76. The highest BCUT2D eigenvalue weighted by molar-refractivity contribution is 5.67. The van der Waals surface area contributed by atoms with Gasteiger partial charge in [-0.15, -0.1) is 0 Å². The van der Waals surface area contributed by atoms with Gasteiger partial charge in [-0.2, -0.15) is 0 Å². The van der Waals surface area contributed by atoms with E-state index >= 15 is 0 Å². The van der Waals surface area contributed by atoms with Crippen LogP contribution < -0.4 is 0 Å². The van der Waals surface area contributed by atoms with Gasteiger partial charge in [-0.1, -0.05) is 0 Å². The van der Waals surface area contributed by atoms with Crippen molar-refractivity contribution in [2.75, 3.05) is 132 Å². The van der Waals surface area contributed by atoms with E-state index in [1.54, 1.807) is 0 Å². The highest BCUT2D eigenvalue weighted by Gasteiger charge is 1.97. The molecule has 0 saturated carbocycles. The third kappa shape index (κ3) is 32.7. The second kappa shape index (κ2) is 30.8. The zero-order valence-electron chi connectivity index (χ0n) is 20.6. The predicted molar refractivity (Wildman–Crippen MR) is 122 cm³/mol. The van der Waals surface area contributed by atoms with Crippen LogP contribution in [0.15, 0.2) is 0 Å². The van der Waals surface area contributed by atoms with Crippen LogP contribution in [0.4, 0.5) is 0 Å². The van der Waals surface area contributed by atoms with Crippen LogP contribution in [-0.2, 0) is 57.0 Å². The van der Waals surface area contributed by atoms with Gasteiger partial charge in [0.1, 0.15) is 19.5 Å². The molecular formula is C22H42O13. The Morgan fingerprint density at radius 3 is 0.886 bits per heavy atom. The SMILES string of the molecule is O=CCOCCOCCOCCOCCOCCOCCOCCOCCOCCOCC(=O)O. The minimum atomic E-state index is -0.997. The van der Waals surface area contributed by atoms with Gasteiger partial charge in [0.05, 0.1) is 119 Å². The fourth-order valence-electron chi connectivity index (χ4n) is 2.17. The molecule has 0 saturated heterocycles. The second-order valence-electron chi connectivity index (χ2n) is 6.59. The van der Waals surface area contributed by atoms with E-state index in [-0.39, 0.29) is 19.8 Å². The van der Waals surface area contributed by atoms with E-state index in [1.165, 1.54) is 0 Å². The second-order valence-corrected chi connectivity index (χ2v) is 6.59. The van der Waals surface area contributed by atoms with E-state index in [9.17, 15) is 9.59 Å². The lowest BCUT2D eigenvalue weighted by atomic mass is 10.6. The minimum absolute atomic E-state index is 0.0949. The standard InChI is InChI=1S/C22H42O13/c23-1-2-26-3-4-27-5-6-28-7-8-29-9-10-30-11-12-31-13-14-32-15-16-33-17-18-34-19-20-35-21-22(24)25/h1H,2-21H2,(H,24,25). The maximum atomic E-state index is 10.2. The fraction of sp³-hybridized carbons (Fsp3) is 0.909. The Morgan fingerprint density at radius 1 is 0.429 bits per heavy atom. The zero-order chi connectivity index (χ0) is 25.5. The van der Waals surface area contributed by atoms with E-state index in [1.807, 2.05) is 0 Å². The predicted octanol–water partition coefficient (Wildman–Crippen LogP) is -0.564. The number of carboxylic acid groups (broad SMARTS) is 1. The lowest BCUT2D eigenvalue weighted by molar-refractivity contribution is -0.142. The van der Waals surface area contributed by atoms with Crippen molar-refractivity contribution in [3.8, 4) is 0 Å². The summed E-state index contributed by atoms with van der Waals surface area (Å²) < 4.78 is 52.5. The molecule has 0 bridgehead atoms. The molecule has 0 fully saturated rings. The minimum Gasteiger partial charge on any atom is -0.480 e. The Balaban J connectivity index is 3.02. The smallest absolute Gasteiger partial charge is 0.329 e. The lowest BCUT2D eigenvalue weighted by Crippen LogP contribution is -2.15. The van der Waals surface area contributed by atoms with E-state index in [0.717, 1.165) is 0 Å². The summed E-state index contributed by atoms with van der Waals surface area (Å²) >= 11 is 0. The van der Waals surface area contributed by atoms with Gasteiger partial charge in [0.15, 0.2) is 0 Å². The van der Waals surface area contributed by atoms with Crippen LogP contribution >= 0.6 is 0 Å². The summed E-state index contributed by atoms with van der Waals surface area (Å²) in [4.78, 5) is 20.3. The van der Waals surface area contributed by atoms with E-state index in [2.05, 4.69) is 0 Å². The quantitative estimate of drug-likeness (QED) is 0.0932. The molecule has 13 heteroatoms. The first kappa shape index (κ1) is 33.7. The Bertz CT molecular complexity index is 440. The number of aliphatic carboxylic acids is 1. The third-order valence-electron chi connectivity index (χ3n) is 3.76. The van der Waals surface area contributed by atoms with E-state index in [0.29, 0.717) is 119 Å². The maximum absolute atomic E-state index is 10.2. The van der Waals surface area contributed by atoms with Crippen LogP contribution in [0.5, 0.6) is 0 Å². The average Bonchev–Trinajstić information content (AvgIpc) is 2.85. The van der Waals surface area contributed by atoms with Crippen LogP contribution in [0, 0.1) is 0 Å². The number of aldehydes is 1. The summed E-state index contributed by atoms with van der Waals surface area (Å²) in [6, 6.07) is 0. The van der Waals surface area contributed by atoms with Gasteiger partial charge in [0, 0.05) is 0 Å². The summed E-state index contributed by atoms with van der Waals surface area (Å²) in [5.41, 5.74) is 0. The molecule has 0 aromatic rings. The van der Waals surface area contributed by atoms with E-state index < -0.39 is 5.97 Å². The fourth-order valence-corrected chi connectivity index (χ4v) is 2.17. The molecule has 13 nitrogen and oxygen atoms in total. The van der Waals surface area contributed by atoms with Crippen LogP contribution in [0.1, 0.15) is 0 Å². The van der Waals surface area contributed by atoms with Crippen LogP contribution in [0.25, 0.3) is 0 Å². The Hall–Kier alpha value is -1.26. The molecule has 0 aliphatic carbocycles. The highest BCUT2D eigenvalue weighted by Crippen LogP contribution is 1.86. The molecule has 0 radical (unpaired) electrons. The van der Waals surface area contributed by atoms with E-state index in [4.69, 9.17) is 52.5 Å². The zero-order valence-corrected chi connectivity index (χ0v) is 20.6. The van der Waals surface area contributed by atoms with Crippen molar-refractivity contribution in [1.29, 1.82) is 0 Å². The molecule has 0 heterocycles. The third-order valence-corrected chi connectivity index (χ3v) is 3.76. The molecule has 0 unspecified atom stereocenters. The summed E-state index contributed by atoms with van der Waals surface area (Å²) in [5, 5.41) is 8.39. The monoisotopic (exact) mass is 514 g/mol. The summed E-state index contributed by atoms with van der Waals surface area (Å²) in [6.07, 6.45) is 0.704. The highest BCUT2D eigenvalue weighted by atomic mass is 16.6. The number of carbonyl (C=O) groups is 2. The largest absolute Gasteiger partial charge is 0.480 e. The van der Waals surface area contributed by atoms with Crippen molar-refractivity contribution in [3.63, 3.8) is 0 Å². The lowest BCUT2D eigenvalue weighted by Gasteiger charge is -2.08. The molecule has 208 valence electrons. The Labute approximate surface area is 207 Å². The molecule has 35 heavy (non-hydrogen) atoms. The molecule has 0 atom stereocenters. The topological polar surface area (TPSA) is 147 Å². The molecule has 0 aromatic heterocycles. The van der Waals surface area contributed by atoms with Crippen molar-refractivity contribution in [3.05, 3.63) is 0 Å². The van der Waals surface area contributed by atoms with Gasteiger partial charge in [-0.25, -0.2) is 4.79 Å². The maximum Gasteiger partial charge on any atom is 0.329 e. The van der Waals surface area contributed by atoms with Gasteiger partial charge in [0.2, 0.25) is 0 Å². The first-order chi connectivity index (χ1) is 17.3. The summed E-state index contributed by atoms with van der Waals surface area (Å²) in [5.74, 6) is -0.997.